The molecule has 0 spiro atoms. The molecule has 4 heteroatoms. The smallest absolute Gasteiger partial charge is 0.269 e. The van der Waals surface area contributed by atoms with E-state index in [4.69, 9.17) is 11.6 Å². The summed E-state index contributed by atoms with van der Waals surface area (Å²) in [5.41, 5.74) is 1.15. The number of carbonyl (C=O) groups excluding carboxylic acids is 1. The van der Waals surface area contributed by atoms with Gasteiger partial charge in [0, 0.05) is 17.8 Å². The normalized spacial score (nSPS) is 11.2. The first-order chi connectivity index (χ1) is 6.63. The Bertz CT molecular complexity index is 357. The fourth-order valence-corrected chi connectivity index (χ4v) is 0.982. The van der Waals surface area contributed by atoms with E-state index >= 15 is 0 Å². The SMILES string of the molecule is CN=C(C)C(=O)Nc1ccc(Cl)cc1. The lowest BCUT2D eigenvalue weighted by atomic mass is 10.3. The summed E-state index contributed by atoms with van der Waals surface area (Å²) in [5, 5.41) is 3.33. The molecule has 0 heterocycles. The van der Waals surface area contributed by atoms with Crippen LogP contribution in [0.3, 0.4) is 0 Å². The quantitative estimate of drug-likeness (QED) is 0.749. The van der Waals surface area contributed by atoms with Crippen molar-refractivity contribution < 1.29 is 4.79 Å². The van der Waals surface area contributed by atoms with Crippen LogP contribution in [0.2, 0.25) is 5.02 Å². The molecule has 0 aromatic heterocycles. The molecule has 1 aromatic carbocycles. The van der Waals surface area contributed by atoms with Crippen molar-refractivity contribution in [2.45, 2.75) is 6.92 Å². The fraction of sp³-hybridized carbons (Fsp3) is 0.200. The van der Waals surface area contributed by atoms with E-state index < -0.39 is 0 Å². The van der Waals surface area contributed by atoms with Crippen molar-refractivity contribution in [1.82, 2.24) is 0 Å². The van der Waals surface area contributed by atoms with E-state index in [1.165, 1.54) is 0 Å². The number of aliphatic imine (C=N–C) groups is 1. The van der Waals surface area contributed by atoms with Crippen molar-refractivity contribution in [2.75, 3.05) is 12.4 Å². The molecule has 1 N–H and O–H groups in total. The van der Waals surface area contributed by atoms with Crippen LogP contribution in [0.4, 0.5) is 5.69 Å². The third-order valence-corrected chi connectivity index (χ3v) is 2.02. The van der Waals surface area contributed by atoms with Crippen LogP contribution in [-0.4, -0.2) is 18.7 Å². The summed E-state index contributed by atoms with van der Waals surface area (Å²) in [7, 11) is 1.58. The van der Waals surface area contributed by atoms with Gasteiger partial charge in [0.1, 0.15) is 0 Å². The van der Waals surface area contributed by atoms with Crippen molar-refractivity contribution in [3.8, 4) is 0 Å². The van der Waals surface area contributed by atoms with Crippen LogP contribution >= 0.6 is 11.6 Å². The summed E-state index contributed by atoms with van der Waals surface area (Å²) in [5.74, 6) is -0.199. The maximum absolute atomic E-state index is 11.4. The molecule has 0 radical (unpaired) electrons. The van der Waals surface area contributed by atoms with Crippen LogP contribution in [0.1, 0.15) is 6.92 Å². The van der Waals surface area contributed by atoms with Crippen LogP contribution < -0.4 is 5.32 Å². The molecule has 74 valence electrons. The van der Waals surface area contributed by atoms with Gasteiger partial charge >= 0.3 is 0 Å². The minimum atomic E-state index is -0.199. The van der Waals surface area contributed by atoms with Gasteiger partial charge in [-0.2, -0.15) is 0 Å². The molecule has 1 amide bonds. The summed E-state index contributed by atoms with van der Waals surface area (Å²) in [6.07, 6.45) is 0. The van der Waals surface area contributed by atoms with Crippen molar-refractivity contribution in [3.05, 3.63) is 29.3 Å². The molecule has 0 aliphatic heterocycles. The average molecular weight is 211 g/mol. The third-order valence-electron chi connectivity index (χ3n) is 1.77. The second-order valence-electron chi connectivity index (χ2n) is 2.77. The molecule has 0 fully saturated rings. The minimum Gasteiger partial charge on any atom is -0.321 e. The lowest BCUT2D eigenvalue weighted by Gasteiger charge is -2.03. The molecule has 0 bridgehead atoms. The molecule has 0 saturated heterocycles. The van der Waals surface area contributed by atoms with Gasteiger partial charge < -0.3 is 5.32 Å². The molecular formula is C10H11ClN2O. The van der Waals surface area contributed by atoms with Crippen LogP contribution in [0, 0.1) is 0 Å². The molecule has 0 aliphatic carbocycles. The molecule has 1 aromatic rings. The highest BCUT2D eigenvalue weighted by atomic mass is 35.5. The molecule has 0 unspecified atom stereocenters. The summed E-state index contributed by atoms with van der Waals surface area (Å²) in [6.45, 7) is 1.66. The van der Waals surface area contributed by atoms with Gasteiger partial charge in [0.25, 0.3) is 5.91 Å². The second kappa shape index (κ2) is 4.77. The van der Waals surface area contributed by atoms with Gasteiger partial charge in [-0.3, -0.25) is 9.79 Å². The maximum atomic E-state index is 11.4. The highest BCUT2D eigenvalue weighted by Crippen LogP contribution is 2.13. The van der Waals surface area contributed by atoms with E-state index in [1.807, 2.05) is 0 Å². The lowest BCUT2D eigenvalue weighted by molar-refractivity contribution is -0.110. The van der Waals surface area contributed by atoms with Gasteiger partial charge in [-0.05, 0) is 31.2 Å². The van der Waals surface area contributed by atoms with Gasteiger partial charge in [-0.25, -0.2) is 0 Å². The van der Waals surface area contributed by atoms with E-state index in [-0.39, 0.29) is 5.91 Å². The number of hydrogen-bond acceptors (Lipinski definition) is 2. The van der Waals surface area contributed by atoms with Crippen molar-refractivity contribution in [2.24, 2.45) is 4.99 Å². The average Bonchev–Trinajstić information content (AvgIpc) is 2.20. The lowest BCUT2D eigenvalue weighted by Crippen LogP contribution is -2.19. The zero-order chi connectivity index (χ0) is 10.6. The van der Waals surface area contributed by atoms with Gasteiger partial charge in [-0.1, -0.05) is 11.6 Å². The minimum absolute atomic E-state index is 0.199. The molecule has 0 atom stereocenters. The number of rotatable bonds is 2. The highest BCUT2D eigenvalue weighted by molar-refractivity contribution is 6.42. The summed E-state index contributed by atoms with van der Waals surface area (Å²) in [6, 6.07) is 6.91. The zero-order valence-corrected chi connectivity index (χ0v) is 8.80. The van der Waals surface area contributed by atoms with E-state index in [1.54, 1.807) is 38.2 Å². The molecule has 1 rings (SSSR count). The van der Waals surface area contributed by atoms with Crippen LogP contribution in [0.25, 0.3) is 0 Å². The summed E-state index contributed by atoms with van der Waals surface area (Å²) in [4.78, 5) is 15.1. The monoisotopic (exact) mass is 210 g/mol. The fourth-order valence-electron chi connectivity index (χ4n) is 0.856. The summed E-state index contributed by atoms with van der Waals surface area (Å²) < 4.78 is 0. The summed E-state index contributed by atoms with van der Waals surface area (Å²) >= 11 is 5.70. The second-order valence-corrected chi connectivity index (χ2v) is 3.21. The van der Waals surface area contributed by atoms with Crippen LogP contribution in [-0.2, 0) is 4.79 Å². The predicted molar refractivity (Wildman–Crippen MR) is 59.1 cm³/mol. The Labute approximate surface area is 87.8 Å². The van der Waals surface area contributed by atoms with Crippen LogP contribution in [0.5, 0.6) is 0 Å². The van der Waals surface area contributed by atoms with E-state index in [0.717, 1.165) is 0 Å². The first-order valence-electron chi connectivity index (χ1n) is 4.14. The van der Waals surface area contributed by atoms with Crippen molar-refractivity contribution in [1.29, 1.82) is 0 Å². The topological polar surface area (TPSA) is 41.5 Å². The number of benzene rings is 1. The Hall–Kier alpha value is -1.35. The van der Waals surface area contributed by atoms with Gasteiger partial charge in [0.2, 0.25) is 0 Å². The molecular weight excluding hydrogens is 200 g/mol. The number of anilines is 1. The standard InChI is InChI=1S/C10H11ClN2O/c1-7(12-2)10(14)13-9-5-3-8(11)4-6-9/h3-6H,1-2H3,(H,13,14). The Morgan fingerprint density at radius 2 is 1.93 bits per heavy atom. The van der Waals surface area contributed by atoms with Crippen LogP contribution in [0.15, 0.2) is 29.3 Å². The number of amides is 1. The maximum Gasteiger partial charge on any atom is 0.269 e. The van der Waals surface area contributed by atoms with Gasteiger partial charge in [0.05, 0.1) is 5.71 Å². The molecule has 14 heavy (non-hydrogen) atoms. The Morgan fingerprint density at radius 3 is 2.43 bits per heavy atom. The number of halogens is 1. The predicted octanol–water partition coefficient (Wildman–Crippen LogP) is 2.37. The molecule has 0 aliphatic rings. The first kappa shape index (κ1) is 10.7. The number of hydrogen-bond donors (Lipinski definition) is 1. The van der Waals surface area contributed by atoms with Crippen molar-refractivity contribution in [3.63, 3.8) is 0 Å². The van der Waals surface area contributed by atoms with Gasteiger partial charge in [-0.15, -0.1) is 0 Å². The number of nitrogens with one attached hydrogen (secondary N) is 1. The Morgan fingerprint density at radius 1 is 1.36 bits per heavy atom. The Kier molecular flexibility index (Phi) is 3.65. The van der Waals surface area contributed by atoms with Crippen molar-refractivity contribution >= 4 is 28.9 Å². The first-order valence-corrected chi connectivity index (χ1v) is 4.51. The molecule has 0 saturated carbocycles. The van der Waals surface area contributed by atoms with E-state index in [0.29, 0.717) is 16.4 Å². The third kappa shape index (κ3) is 2.85. The highest BCUT2D eigenvalue weighted by Gasteiger charge is 2.04. The number of nitrogens with zero attached hydrogens (tertiary/aromatic N) is 1. The molecule has 3 nitrogen and oxygen atoms in total. The van der Waals surface area contributed by atoms with E-state index in [9.17, 15) is 4.79 Å². The Balaban J connectivity index is 2.70. The zero-order valence-electron chi connectivity index (χ0n) is 8.04. The largest absolute Gasteiger partial charge is 0.321 e. The van der Waals surface area contributed by atoms with E-state index in [2.05, 4.69) is 10.3 Å². The number of carbonyl (C=O) groups is 1. The van der Waals surface area contributed by atoms with Gasteiger partial charge in [0.15, 0.2) is 0 Å².